The summed E-state index contributed by atoms with van der Waals surface area (Å²) in [4.78, 5) is 7.92. The Labute approximate surface area is 98.4 Å². The van der Waals surface area contributed by atoms with Crippen LogP contribution >= 0.6 is 11.6 Å². The average Bonchev–Trinajstić information content (AvgIpc) is 2.86. The molecular formula is C10H13ClN4O. The number of halogens is 1. The van der Waals surface area contributed by atoms with E-state index in [1.54, 1.807) is 0 Å². The van der Waals surface area contributed by atoms with Gasteiger partial charge in [0.2, 0.25) is 0 Å². The van der Waals surface area contributed by atoms with E-state index in [4.69, 9.17) is 22.1 Å². The number of nitrogen functional groups attached to an aromatic ring is 1. The van der Waals surface area contributed by atoms with Gasteiger partial charge in [0.25, 0.3) is 0 Å². The number of fused-ring (bicyclic) bond motifs is 2. The summed E-state index contributed by atoms with van der Waals surface area (Å²) in [5, 5.41) is 3.59. The Balaban J connectivity index is 1.77. The molecule has 0 saturated carbocycles. The highest BCUT2D eigenvalue weighted by atomic mass is 35.5. The number of anilines is 2. The van der Waals surface area contributed by atoms with Gasteiger partial charge in [-0.1, -0.05) is 11.6 Å². The fourth-order valence-electron chi connectivity index (χ4n) is 2.45. The maximum absolute atomic E-state index is 5.83. The molecule has 3 N–H and O–H groups in total. The fourth-order valence-corrected chi connectivity index (χ4v) is 2.59. The fraction of sp³-hybridized carbons (Fsp3) is 0.600. The zero-order valence-corrected chi connectivity index (χ0v) is 9.44. The van der Waals surface area contributed by atoms with Crippen molar-refractivity contribution < 1.29 is 4.74 Å². The number of nitrogens with zero attached hydrogens (tertiary/aromatic N) is 2. The summed E-state index contributed by atoms with van der Waals surface area (Å²) in [6.07, 6.45) is 5.41. The molecule has 0 aliphatic carbocycles. The molecule has 1 aromatic rings. The van der Waals surface area contributed by atoms with Gasteiger partial charge in [0.15, 0.2) is 11.0 Å². The summed E-state index contributed by atoms with van der Waals surface area (Å²) < 4.78 is 5.75. The second-order valence-corrected chi connectivity index (χ2v) is 4.65. The van der Waals surface area contributed by atoms with Crippen LogP contribution in [-0.2, 0) is 4.74 Å². The third kappa shape index (κ3) is 1.60. The Kier molecular flexibility index (Phi) is 2.37. The second kappa shape index (κ2) is 3.75. The van der Waals surface area contributed by atoms with Gasteiger partial charge < -0.3 is 15.8 Å². The SMILES string of the molecule is Nc1c(Cl)ncnc1NC1CC2CCC1O2. The predicted octanol–water partition coefficient (Wildman–Crippen LogP) is 1.44. The third-order valence-electron chi connectivity index (χ3n) is 3.26. The summed E-state index contributed by atoms with van der Waals surface area (Å²) in [6, 6.07) is 0.298. The molecule has 2 fully saturated rings. The monoisotopic (exact) mass is 240 g/mol. The Morgan fingerprint density at radius 1 is 1.44 bits per heavy atom. The molecule has 1 aromatic heterocycles. The number of rotatable bonds is 2. The summed E-state index contributed by atoms with van der Waals surface area (Å²) in [7, 11) is 0. The van der Waals surface area contributed by atoms with Gasteiger partial charge in [-0.15, -0.1) is 0 Å². The van der Waals surface area contributed by atoms with Crippen LogP contribution in [0.5, 0.6) is 0 Å². The van der Waals surface area contributed by atoms with E-state index in [0.29, 0.717) is 28.8 Å². The van der Waals surface area contributed by atoms with Crippen molar-refractivity contribution in [2.24, 2.45) is 0 Å². The zero-order valence-electron chi connectivity index (χ0n) is 8.69. The lowest BCUT2D eigenvalue weighted by Gasteiger charge is -2.21. The van der Waals surface area contributed by atoms with Gasteiger partial charge >= 0.3 is 0 Å². The standard InChI is InChI=1S/C10H13ClN4O/c11-9-8(12)10(14-4-13-9)15-6-3-5-1-2-7(6)16-5/h4-7H,1-3,12H2,(H,13,14,15). The van der Waals surface area contributed by atoms with E-state index in [9.17, 15) is 0 Å². The van der Waals surface area contributed by atoms with Crippen molar-refractivity contribution in [3.8, 4) is 0 Å². The first-order chi connectivity index (χ1) is 7.74. The van der Waals surface area contributed by atoms with Crippen molar-refractivity contribution in [2.75, 3.05) is 11.1 Å². The lowest BCUT2D eigenvalue weighted by molar-refractivity contribution is 0.102. The normalized spacial score (nSPS) is 31.9. The molecule has 2 bridgehead atoms. The molecule has 2 aliphatic heterocycles. The van der Waals surface area contributed by atoms with Crippen LogP contribution in [0.2, 0.25) is 5.15 Å². The van der Waals surface area contributed by atoms with Crippen molar-refractivity contribution in [3.63, 3.8) is 0 Å². The van der Waals surface area contributed by atoms with Gasteiger partial charge in [0.05, 0.1) is 18.2 Å². The molecule has 6 heteroatoms. The number of ether oxygens (including phenoxy) is 1. The highest BCUT2D eigenvalue weighted by molar-refractivity contribution is 6.32. The van der Waals surface area contributed by atoms with Crippen LogP contribution in [0, 0.1) is 0 Å². The molecular weight excluding hydrogens is 228 g/mol. The Morgan fingerprint density at radius 3 is 3.00 bits per heavy atom. The van der Waals surface area contributed by atoms with Crippen molar-refractivity contribution >= 4 is 23.1 Å². The van der Waals surface area contributed by atoms with E-state index in [-0.39, 0.29) is 6.10 Å². The van der Waals surface area contributed by atoms with Crippen molar-refractivity contribution in [3.05, 3.63) is 11.5 Å². The number of aromatic nitrogens is 2. The van der Waals surface area contributed by atoms with Crippen LogP contribution in [-0.4, -0.2) is 28.2 Å². The smallest absolute Gasteiger partial charge is 0.157 e. The van der Waals surface area contributed by atoms with E-state index in [2.05, 4.69) is 15.3 Å². The number of nitrogens with one attached hydrogen (secondary N) is 1. The Hall–Kier alpha value is -1.07. The minimum atomic E-state index is 0.290. The van der Waals surface area contributed by atoms with Crippen molar-refractivity contribution in [1.82, 2.24) is 9.97 Å². The van der Waals surface area contributed by atoms with Gasteiger partial charge in [-0.25, -0.2) is 9.97 Å². The zero-order chi connectivity index (χ0) is 11.1. The molecule has 16 heavy (non-hydrogen) atoms. The summed E-state index contributed by atoms with van der Waals surface area (Å²) in [5.41, 5.74) is 6.21. The van der Waals surface area contributed by atoms with Crippen LogP contribution in [0.3, 0.4) is 0 Å². The van der Waals surface area contributed by atoms with E-state index in [0.717, 1.165) is 12.8 Å². The largest absolute Gasteiger partial charge is 0.393 e. The Bertz CT molecular complexity index is 414. The quantitative estimate of drug-likeness (QED) is 0.766. The first kappa shape index (κ1) is 10.1. The topological polar surface area (TPSA) is 73.1 Å². The molecule has 2 aliphatic rings. The third-order valence-corrected chi connectivity index (χ3v) is 3.56. The van der Waals surface area contributed by atoms with Crippen molar-refractivity contribution in [1.29, 1.82) is 0 Å². The summed E-state index contributed by atoms with van der Waals surface area (Å²) in [6.45, 7) is 0. The first-order valence-corrected chi connectivity index (χ1v) is 5.80. The van der Waals surface area contributed by atoms with Gasteiger partial charge in [-0.2, -0.15) is 0 Å². The highest BCUT2D eigenvalue weighted by Gasteiger charge is 2.41. The van der Waals surface area contributed by atoms with Gasteiger partial charge in [0, 0.05) is 0 Å². The maximum atomic E-state index is 5.83. The van der Waals surface area contributed by atoms with Crippen LogP contribution in [0.15, 0.2) is 6.33 Å². The van der Waals surface area contributed by atoms with E-state index in [1.807, 2.05) is 0 Å². The minimum absolute atomic E-state index is 0.290. The lowest BCUT2D eigenvalue weighted by Crippen LogP contribution is -2.31. The van der Waals surface area contributed by atoms with Crippen molar-refractivity contribution in [2.45, 2.75) is 37.5 Å². The average molecular weight is 241 g/mol. The number of hydrogen-bond acceptors (Lipinski definition) is 5. The number of hydrogen-bond donors (Lipinski definition) is 2. The molecule has 3 atom stereocenters. The molecule has 0 aromatic carbocycles. The van der Waals surface area contributed by atoms with Crippen LogP contribution in [0.4, 0.5) is 11.5 Å². The van der Waals surface area contributed by atoms with Gasteiger partial charge in [0.1, 0.15) is 12.0 Å². The lowest BCUT2D eigenvalue weighted by atomic mass is 9.95. The molecule has 0 radical (unpaired) electrons. The molecule has 0 amide bonds. The van der Waals surface area contributed by atoms with Gasteiger partial charge in [-0.3, -0.25) is 0 Å². The molecule has 3 heterocycles. The van der Waals surface area contributed by atoms with Crippen LogP contribution < -0.4 is 11.1 Å². The molecule has 3 rings (SSSR count). The van der Waals surface area contributed by atoms with Gasteiger partial charge in [-0.05, 0) is 19.3 Å². The molecule has 2 saturated heterocycles. The molecule has 3 unspecified atom stereocenters. The van der Waals surface area contributed by atoms with E-state index >= 15 is 0 Å². The summed E-state index contributed by atoms with van der Waals surface area (Å²) in [5.74, 6) is 0.612. The maximum Gasteiger partial charge on any atom is 0.157 e. The predicted molar refractivity (Wildman–Crippen MR) is 61.4 cm³/mol. The van der Waals surface area contributed by atoms with E-state index in [1.165, 1.54) is 12.7 Å². The summed E-state index contributed by atoms with van der Waals surface area (Å²) >= 11 is 5.83. The minimum Gasteiger partial charge on any atom is -0.393 e. The van der Waals surface area contributed by atoms with E-state index < -0.39 is 0 Å². The van der Waals surface area contributed by atoms with Crippen LogP contribution in [0.25, 0.3) is 0 Å². The first-order valence-electron chi connectivity index (χ1n) is 5.42. The Morgan fingerprint density at radius 2 is 2.31 bits per heavy atom. The molecule has 5 nitrogen and oxygen atoms in total. The molecule has 86 valence electrons. The second-order valence-electron chi connectivity index (χ2n) is 4.29. The molecule has 0 spiro atoms. The van der Waals surface area contributed by atoms with Crippen LogP contribution in [0.1, 0.15) is 19.3 Å². The highest BCUT2D eigenvalue weighted by Crippen LogP contribution is 2.36. The number of nitrogens with two attached hydrogens (primary N) is 1.